The number of benzene rings is 2. The van der Waals surface area contributed by atoms with E-state index in [9.17, 15) is 9.59 Å². The van der Waals surface area contributed by atoms with Crippen LogP contribution in [0.15, 0.2) is 60.3 Å². The summed E-state index contributed by atoms with van der Waals surface area (Å²) in [6, 6.07) is 12.2. The number of aryl methyl sites for hydroxylation is 2. The molecule has 0 aliphatic rings. The molecule has 0 aliphatic heterocycles. The van der Waals surface area contributed by atoms with Gasteiger partial charge in [0, 0.05) is 22.8 Å². The van der Waals surface area contributed by atoms with E-state index in [1.165, 1.54) is 11.8 Å². The summed E-state index contributed by atoms with van der Waals surface area (Å²) in [4.78, 5) is 25.1. The molecule has 33 heavy (non-hydrogen) atoms. The molecule has 1 heterocycles. The smallest absolute Gasteiger partial charge is 0.251 e. The molecular weight excluding hydrogens is 458 g/mol. The standard InChI is InChI=1S/C24H26ClN5O2S/c1-5-12-30-22(17(4)26-23(32)18-10-7-11-19(25)13-18)28-29-24(30)33-14-20(31)27-21-15(2)8-6-9-16(21)3/h5-11,13,17H,1,12,14H2,2-4H3,(H,26,32)(H,27,31). The van der Waals surface area contributed by atoms with E-state index < -0.39 is 6.04 Å². The summed E-state index contributed by atoms with van der Waals surface area (Å²) in [5, 5.41) is 15.5. The molecule has 1 atom stereocenters. The molecule has 2 N–H and O–H groups in total. The number of hydrogen-bond donors (Lipinski definition) is 2. The van der Waals surface area contributed by atoms with Gasteiger partial charge in [-0.15, -0.1) is 16.8 Å². The predicted octanol–water partition coefficient (Wildman–Crippen LogP) is 4.96. The Kier molecular flexibility index (Phi) is 8.30. The summed E-state index contributed by atoms with van der Waals surface area (Å²) in [5.74, 6) is 0.351. The minimum absolute atomic E-state index is 0.130. The average Bonchev–Trinajstić information content (AvgIpc) is 3.18. The number of carbonyl (C=O) groups is 2. The molecule has 1 unspecified atom stereocenters. The Morgan fingerprint density at radius 1 is 1.18 bits per heavy atom. The Morgan fingerprint density at radius 3 is 2.55 bits per heavy atom. The number of amides is 2. The van der Waals surface area contributed by atoms with Crippen molar-refractivity contribution in [2.24, 2.45) is 0 Å². The van der Waals surface area contributed by atoms with E-state index in [4.69, 9.17) is 11.6 Å². The van der Waals surface area contributed by atoms with Gasteiger partial charge in [0.2, 0.25) is 5.91 Å². The molecule has 0 spiro atoms. The number of para-hydroxylation sites is 1. The van der Waals surface area contributed by atoms with Gasteiger partial charge in [0.25, 0.3) is 5.91 Å². The third kappa shape index (κ3) is 6.24. The molecule has 0 fully saturated rings. The first-order chi connectivity index (χ1) is 15.8. The number of allylic oxidation sites excluding steroid dienone is 1. The lowest BCUT2D eigenvalue weighted by Gasteiger charge is -2.15. The second-order valence-electron chi connectivity index (χ2n) is 7.55. The van der Waals surface area contributed by atoms with Crippen molar-refractivity contribution in [2.45, 2.75) is 38.5 Å². The monoisotopic (exact) mass is 483 g/mol. The lowest BCUT2D eigenvalue weighted by atomic mass is 10.1. The van der Waals surface area contributed by atoms with Crippen molar-refractivity contribution >= 4 is 40.9 Å². The second kappa shape index (κ2) is 11.2. The lowest BCUT2D eigenvalue weighted by molar-refractivity contribution is -0.113. The topological polar surface area (TPSA) is 88.9 Å². The number of hydrogen-bond acceptors (Lipinski definition) is 5. The van der Waals surface area contributed by atoms with Gasteiger partial charge >= 0.3 is 0 Å². The van der Waals surface area contributed by atoms with Crippen LogP contribution in [0, 0.1) is 13.8 Å². The molecule has 172 valence electrons. The molecule has 0 saturated heterocycles. The normalized spacial score (nSPS) is 11.6. The van der Waals surface area contributed by atoms with Crippen LogP contribution in [0.1, 0.15) is 40.3 Å². The van der Waals surface area contributed by atoms with Gasteiger partial charge in [0.15, 0.2) is 11.0 Å². The third-order valence-electron chi connectivity index (χ3n) is 4.96. The number of thioether (sulfide) groups is 1. The highest BCUT2D eigenvalue weighted by Gasteiger charge is 2.21. The third-order valence-corrected chi connectivity index (χ3v) is 6.16. The van der Waals surface area contributed by atoms with Crippen LogP contribution >= 0.6 is 23.4 Å². The summed E-state index contributed by atoms with van der Waals surface area (Å²) in [6.45, 7) is 9.99. The SMILES string of the molecule is C=CCn1c(SCC(=O)Nc2c(C)cccc2C)nnc1C(C)NC(=O)c1cccc(Cl)c1. The van der Waals surface area contributed by atoms with Crippen molar-refractivity contribution < 1.29 is 9.59 Å². The highest BCUT2D eigenvalue weighted by Crippen LogP contribution is 2.23. The van der Waals surface area contributed by atoms with E-state index in [2.05, 4.69) is 27.4 Å². The fourth-order valence-corrected chi connectivity index (χ4v) is 4.26. The van der Waals surface area contributed by atoms with Gasteiger partial charge in [-0.25, -0.2) is 0 Å². The molecule has 3 rings (SSSR count). The van der Waals surface area contributed by atoms with Crippen molar-refractivity contribution in [3.8, 4) is 0 Å². The molecule has 0 radical (unpaired) electrons. The van der Waals surface area contributed by atoms with Gasteiger partial charge in [0.1, 0.15) is 0 Å². The van der Waals surface area contributed by atoms with Crippen LogP contribution in [0.2, 0.25) is 5.02 Å². The van der Waals surface area contributed by atoms with Crippen LogP contribution in [0.3, 0.4) is 0 Å². The van der Waals surface area contributed by atoms with E-state index in [1.807, 2.05) is 43.5 Å². The van der Waals surface area contributed by atoms with Crippen molar-refractivity contribution in [3.05, 3.63) is 82.7 Å². The number of anilines is 1. The van der Waals surface area contributed by atoms with Crippen LogP contribution < -0.4 is 10.6 Å². The number of aromatic nitrogens is 3. The molecule has 2 aromatic carbocycles. The van der Waals surface area contributed by atoms with Crippen molar-refractivity contribution in [1.82, 2.24) is 20.1 Å². The van der Waals surface area contributed by atoms with Crippen LogP contribution in [0.25, 0.3) is 0 Å². The van der Waals surface area contributed by atoms with E-state index in [-0.39, 0.29) is 17.6 Å². The Hall–Kier alpha value is -3.10. The summed E-state index contributed by atoms with van der Waals surface area (Å²) in [7, 11) is 0. The van der Waals surface area contributed by atoms with E-state index >= 15 is 0 Å². The van der Waals surface area contributed by atoms with Crippen molar-refractivity contribution in [3.63, 3.8) is 0 Å². The number of nitrogens with one attached hydrogen (secondary N) is 2. The first-order valence-electron chi connectivity index (χ1n) is 10.4. The lowest BCUT2D eigenvalue weighted by Crippen LogP contribution is -2.28. The molecule has 0 bridgehead atoms. The fourth-order valence-electron chi connectivity index (χ4n) is 3.32. The first kappa shape index (κ1) is 24.5. The first-order valence-corrected chi connectivity index (χ1v) is 11.8. The highest BCUT2D eigenvalue weighted by molar-refractivity contribution is 7.99. The van der Waals surface area contributed by atoms with Crippen molar-refractivity contribution in [1.29, 1.82) is 0 Å². The Labute approximate surface area is 202 Å². The number of nitrogens with zero attached hydrogens (tertiary/aromatic N) is 3. The van der Waals surface area contributed by atoms with Gasteiger partial charge in [-0.05, 0) is 50.1 Å². The quantitative estimate of drug-likeness (QED) is 0.332. The Morgan fingerprint density at radius 2 is 1.88 bits per heavy atom. The van der Waals surface area contributed by atoms with Crippen LogP contribution in [0.5, 0.6) is 0 Å². The Bertz CT molecular complexity index is 1160. The van der Waals surface area contributed by atoms with Gasteiger partial charge in [-0.2, -0.15) is 0 Å². The maximum absolute atomic E-state index is 12.6. The van der Waals surface area contributed by atoms with E-state index in [0.717, 1.165) is 16.8 Å². The van der Waals surface area contributed by atoms with E-state index in [1.54, 1.807) is 30.3 Å². The zero-order chi connectivity index (χ0) is 24.0. The molecule has 1 aromatic heterocycles. The van der Waals surface area contributed by atoms with Crippen LogP contribution in [-0.2, 0) is 11.3 Å². The molecular formula is C24H26ClN5O2S. The number of halogens is 1. The van der Waals surface area contributed by atoms with Gasteiger partial charge in [-0.3, -0.25) is 9.59 Å². The van der Waals surface area contributed by atoms with Crippen LogP contribution in [0.4, 0.5) is 5.69 Å². The summed E-state index contributed by atoms with van der Waals surface area (Å²) in [6.07, 6.45) is 1.72. The minimum Gasteiger partial charge on any atom is -0.342 e. The van der Waals surface area contributed by atoms with Crippen molar-refractivity contribution in [2.75, 3.05) is 11.1 Å². The van der Waals surface area contributed by atoms with E-state index in [0.29, 0.717) is 28.1 Å². The predicted molar refractivity (Wildman–Crippen MR) is 133 cm³/mol. The largest absolute Gasteiger partial charge is 0.342 e. The minimum atomic E-state index is -0.415. The maximum atomic E-state index is 12.6. The number of rotatable bonds is 9. The molecule has 2 amide bonds. The van der Waals surface area contributed by atoms with Gasteiger partial charge < -0.3 is 15.2 Å². The summed E-state index contributed by atoms with van der Waals surface area (Å²) >= 11 is 7.27. The zero-order valence-corrected chi connectivity index (χ0v) is 20.3. The Balaban J connectivity index is 1.69. The fraction of sp³-hybridized carbons (Fsp3) is 0.250. The van der Waals surface area contributed by atoms with Gasteiger partial charge in [-0.1, -0.05) is 53.7 Å². The molecule has 7 nitrogen and oxygen atoms in total. The maximum Gasteiger partial charge on any atom is 0.251 e. The molecule has 0 saturated carbocycles. The molecule has 3 aromatic rings. The zero-order valence-electron chi connectivity index (χ0n) is 18.8. The summed E-state index contributed by atoms with van der Waals surface area (Å²) in [5.41, 5.74) is 3.31. The van der Waals surface area contributed by atoms with Crippen LogP contribution in [-0.4, -0.2) is 32.3 Å². The number of carbonyl (C=O) groups excluding carboxylic acids is 2. The molecule has 9 heteroatoms. The second-order valence-corrected chi connectivity index (χ2v) is 8.93. The van der Waals surface area contributed by atoms with Gasteiger partial charge in [0.05, 0.1) is 11.8 Å². The molecule has 0 aliphatic carbocycles. The summed E-state index contributed by atoms with van der Waals surface area (Å²) < 4.78 is 1.84. The highest BCUT2D eigenvalue weighted by atomic mass is 35.5. The average molecular weight is 484 g/mol.